The Hall–Kier alpha value is -1.87. The van der Waals surface area contributed by atoms with Crippen LogP contribution in [-0.4, -0.2) is 23.8 Å². The third kappa shape index (κ3) is 2.68. The van der Waals surface area contributed by atoms with Crippen LogP contribution in [0.3, 0.4) is 0 Å². The maximum absolute atomic E-state index is 11.4. The van der Waals surface area contributed by atoms with Gasteiger partial charge in [0.1, 0.15) is 0 Å². The molecule has 2 aromatic carbocycles. The van der Waals surface area contributed by atoms with Gasteiger partial charge in [-0.25, -0.2) is 4.79 Å². The normalized spacial score (nSPS) is 12.3. The first-order valence-electron chi connectivity index (χ1n) is 6.03. The van der Waals surface area contributed by atoms with Crippen LogP contribution >= 0.6 is 0 Å². The Balaban J connectivity index is 2.24. The Labute approximate surface area is 106 Å². The van der Waals surface area contributed by atoms with Crippen molar-refractivity contribution in [2.24, 2.45) is 0 Å². The van der Waals surface area contributed by atoms with E-state index in [9.17, 15) is 9.90 Å². The predicted molar refractivity (Wildman–Crippen MR) is 70.3 cm³/mol. The molecule has 0 aromatic heterocycles. The molecule has 0 fully saturated rings. The quantitative estimate of drug-likeness (QED) is 0.839. The molecule has 0 aliphatic carbocycles. The van der Waals surface area contributed by atoms with Crippen LogP contribution in [0.1, 0.15) is 12.5 Å². The SMILES string of the molecule is CCOC(=O)C(O)Cc1cccc2ccccc12. The Morgan fingerprint density at radius 2 is 1.94 bits per heavy atom. The molecule has 3 nitrogen and oxygen atoms in total. The van der Waals surface area contributed by atoms with E-state index in [4.69, 9.17) is 4.74 Å². The van der Waals surface area contributed by atoms with E-state index in [1.807, 2.05) is 42.5 Å². The zero-order valence-electron chi connectivity index (χ0n) is 10.3. The summed E-state index contributed by atoms with van der Waals surface area (Å²) >= 11 is 0. The number of hydrogen-bond acceptors (Lipinski definition) is 3. The lowest BCUT2D eigenvalue weighted by Gasteiger charge is -2.11. The van der Waals surface area contributed by atoms with Crippen LogP contribution in [0, 0.1) is 0 Å². The van der Waals surface area contributed by atoms with Crippen molar-refractivity contribution in [3.05, 3.63) is 48.0 Å². The Kier molecular flexibility index (Phi) is 3.95. The van der Waals surface area contributed by atoms with E-state index in [2.05, 4.69) is 0 Å². The highest BCUT2D eigenvalue weighted by atomic mass is 16.5. The van der Waals surface area contributed by atoms with Gasteiger partial charge in [-0.05, 0) is 23.3 Å². The van der Waals surface area contributed by atoms with E-state index < -0.39 is 12.1 Å². The summed E-state index contributed by atoms with van der Waals surface area (Å²) in [5.41, 5.74) is 0.952. The topological polar surface area (TPSA) is 46.5 Å². The highest BCUT2D eigenvalue weighted by molar-refractivity contribution is 5.86. The van der Waals surface area contributed by atoms with Crippen LogP contribution in [0.2, 0.25) is 0 Å². The largest absolute Gasteiger partial charge is 0.464 e. The molecular formula is C15H16O3. The minimum absolute atomic E-state index is 0.278. The molecule has 0 bridgehead atoms. The number of aliphatic hydroxyl groups is 1. The number of esters is 1. The van der Waals surface area contributed by atoms with Gasteiger partial charge in [-0.3, -0.25) is 0 Å². The fourth-order valence-electron chi connectivity index (χ4n) is 2.00. The first-order chi connectivity index (χ1) is 8.72. The van der Waals surface area contributed by atoms with Crippen molar-refractivity contribution in [2.75, 3.05) is 6.61 Å². The van der Waals surface area contributed by atoms with Crippen molar-refractivity contribution < 1.29 is 14.6 Å². The third-order valence-electron chi connectivity index (χ3n) is 2.85. The third-order valence-corrected chi connectivity index (χ3v) is 2.85. The van der Waals surface area contributed by atoms with Crippen molar-refractivity contribution >= 4 is 16.7 Å². The molecular weight excluding hydrogens is 228 g/mol. The number of hydrogen-bond donors (Lipinski definition) is 1. The van der Waals surface area contributed by atoms with Gasteiger partial charge in [0.2, 0.25) is 0 Å². The second-order valence-electron chi connectivity index (χ2n) is 4.11. The van der Waals surface area contributed by atoms with Gasteiger partial charge in [0.25, 0.3) is 0 Å². The lowest BCUT2D eigenvalue weighted by Crippen LogP contribution is -2.25. The predicted octanol–water partition coefficient (Wildman–Crippen LogP) is 2.31. The number of carbonyl (C=O) groups is 1. The minimum Gasteiger partial charge on any atom is -0.464 e. The maximum Gasteiger partial charge on any atom is 0.335 e. The average molecular weight is 244 g/mol. The molecule has 0 radical (unpaired) electrons. The second-order valence-corrected chi connectivity index (χ2v) is 4.11. The zero-order valence-corrected chi connectivity index (χ0v) is 10.3. The van der Waals surface area contributed by atoms with E-state index in [1.54, 1.807) is 6.92 Å². The fourth-order valence-corrected chi connectivity index (χ4v) is 2.00. The second kappa shape index (κ2) is 5.65. The molecule has 1 N–H and O–H groups in total. The highest BCUT2D eigenvalue weighted by Gasteiger charge is 2.17. The van der Waals surface area contributed by atoms with Crippen molar-refractivity contribution in [3.63, 3.8) is 0 Å². The molecule has 0 amide bonds. The molecule has 0 saturated carbocycles. The molecule has 1 unspecified atom stereocenters. The maximum atomic E-state index is 11.4. The van der Waals surface area contributed by atoms with Crippen molar-refractivity contribution in [1.82, 2.24) is 0 Å². The van der Waals surface area contributed by atoms with E-state index in [-0.39, 0.29) is 13.0 Å². The Morgan fingerprint density at radius 1 is 1.22 bits per heavy atom. The average Bonchev–Trinajstić information content (AvgIpc) is 2.39. The van der Waals surface area contributed by atoms with Gasteiger partial charge in [0.15, 0.2) is 6.10 Å². The number of ether oxygens (including phenoxy) is 1. The van der Waals surface area contributed by atoms with Gasteiger partial charge < -0.3 is 9.84 Å². The smallest absolute Gasteiger partial charge is 0.335 e. The van der Waals surface area contributed by atoms with Gasteiger partial charge in [-0.2, -0.15) is 0 Å². The molecule has 2 rings (SSSR count). The summed E-state index contributed by atoms with van der Waals surface area (Å²) in [5.74, 6) is -0.564. The van der Waals surface area contributed by atoms with E-state index >= 15 is 0 Å². The first-order valence-corrected chi connectivity index (χ1v) is 6.03. The molecule has 3 heteroatoms. The molecule has 0 saturated heterocycles. The molecule has 94 valence electrons. The number of benzene rings is 2. The standard InChI is InChI=1S/C15H16O3/c1-2-18-15(17)14(16)10-12-8-5-7-11-6-3-4-9-13(11)12/h3-9,14,16H,2,10H2,1H3. The number of rotatable bonds is 4. The summed E-state index contributed by atoms with van der Waals surface area (Å²) < 4.78 is 4.80. The number of fused-ring (bicyclic) bond motifs is 1. The number of aliphatic hydroxyl groups excluding tert-OH is 1. The fraction of sp³-hybridized carbons (Fsp3) is 0.267. The molecule has 0 spiro atoms. The van der Waals surface area contributed by atoms with Crippen LogP contribution in [-0.2, 0) is 16.0 Å². The summed E-state index contributed by atoms with van der Waals surface area (Å²) in [4.78, 5) is 11.4. The molecule has 0 heterocycles. The van der Waals surface area contributed by atoms with E-state index in [0.717, 1.165) is 16.3 Å². The summed E-state index contributed by atoms with van der Waals surface area (Å²) in [6.45, 7) is 2.01. The molecule has 1 atom stereocenters. The summed E-state index contributed by atoms with van der Waals surface area (Å²) in [6, 6.07) is 13.8. The van der Waals surface area contributed by atoms with Gasteiger partial charge in [-0.15, -0.1) is 0 Å². The molecule has 2 aromatic rings. The van der Waals surface area contributed by atoms with Gasteiger partial charge in [0.05, 0.1) is 6.61 Å². The lowest BCUT2D eigenvalue weighted by molar-refractivity contribution is -0.152. The number of carbonyl (C=O) groups excluding carboxylic acids is 1. The van der Waals surface area contributed by atoms with Crippen LogP contribution in [0.5, 0.6) is 0 Å². The monoisotopic (exact) mass is 244 g/mol. The van der Waals surface area contributed by atoms with Gasteiger partial charge >= 0.3 is 5.97 Å². The van der Waals surface area contributed by atoms with Crippen molar-refractivity contribution in [1.29, 1.82) is 0 Å². The van der Waals surface area contributed by atoms with Gasteiger partial charge in [0, 0.05) is 6.42 Å². The molecule has 0 aliphatic heterocycles. The minimum atomic E-state index is -1.10. The summed E-state index contributed by atoms with van der Waals surface area (Å²) in [7, 11) is 0. The highest BCUT2D eigenvalue weighted by Crippen LogP contribution is 2.19. The van der Waals surface area contributed by atoms with Crippen molar-refractivity contribution in [2.45, 2.75) is 19.4 Å². The van der Waals surface area contributed by atoms with Crippen LogP contribution < -0.4 is 0 Å². The Bertz CT molecular complexity index is 543. The molecule has 0 aliphatic rings. The Morgan fingerprint density at radius 3 is 2.72 bits per heavy atom. The van der Waals surface area contributed by atoms with Crippen LogP contribution in [0.25, 0.3) is 10.8 Å². The zero-order chi connectivity index (χ0) is 13.0. The van der Waals surface area contributed by atoms with E-state index in [1.165, 1.54) is 0 Å². The molecule has 18 heavy (non-hydrogen) atoms. The van der Waals surface area contributed by atoms with Crippen LogP contribution in [0.4, 0.5) is 0 Å². The lowest BCUT2D eigenvalue weighted by atomic mass is 10.00. The first kappa shape index (κ1) is 12.6. The summed E-state index contributed by atoms with van der Waals surface area (Å²) in [5, 5.41) is 11.9. The van der Waals surface area contributed by atoms with E-state index in [0.29, 0.717) is 0 Å². The van der Waals surface area contributed by atoms with Crippen LogP contribution in [0.15, 0.2) is 42.5 Å². The summed E-state index contributed by atoms with van der Waals surface area (Å²) in [6.07, 6.45) is -0.823. The van der Waals surface area contributed by atoms with Gasteiger partial charge in [-0.1, -0.05) is 42.5 Å². The van der Waals surface area contributed by atoms with Crippen molar-refractivity contribution in [3.8, 4) is 0 Å².